The van der Waals surface area contributed by atoms with E-state index < -0.39 is 29.4 Å². The van der Waals surface area contributed by atoms with E-state index in [0.29, 0.717) is 0 Å². The maximum Gasteiger partial charge on any atom is 0.309 e. The van der Waals surface area contributed by atoms with Crippen LogP contribution >= 0.6 is 0 Å². The zero-order chi connectivity index (χ0) is 13.3. The van der Waals surface area contributed by atoms with Crippen molar-refractivity contribution in [2.75, 3.05) is 6.61 Å². The van der Waals surface area contributed by atoms with Gasteiger partial charge in [0.25, 0.3) is 0 Å². The second-order valence-electron chi connectivity index (χ2n) is 4.90. The van der Waals surface area contributed by atoms with Gasteiger partial charge in [0.2, 0.25) is 0 Å². The minimum absolute atomic E-state index is 0.0479. The summed E-state index contributed by atoms with van der Waals surface area (Å²) in [6.07, 6.45) is 1.45. The van der Waals surface area contributed by atoms with E-state index in [1.165, 1.54) is 0 Å². The van der Waals surface area contributed by atoms with Crippen molar-refractivity contribution in [3.05, 3.63) is 0 Å². The van der Waals surface area contributed by atoms with Gasteiger partial charge in [0.15, 0.2) is 17.3 Å². The van der Waals surface area contributed by atoms with Crippen molar-refractivity contribution in [2.24, 2.45) is 17.8 Å². The molecule has 0 heterocycles. The summed E-state index contributed by atoms with van der Waals surface area (Å²) in [4.78, 5) is 47.0. The molecule has 2 aliphatic carbocycles. The van der Waals surface area contributed by atoms with Gasteiger partial charge in [0, 0.05) is 18.8 Å². The van der Waals surface area contributed by atoms with Crippen LogP contribution in [0.3, 0.4) is 0 Å². The maximum atomic E-state index is 11.8. The lowest BCUT2D eigenvalue weighted by molar-refractivity contribution is -0.156. The number of rotatable bonds is 4. The summed E-state index contributed by atoms with van der Waals surface area (Å²) >= 11 is 0. The molecule has 2 fully saturated rings. The summed E-state index contributed by atoms with van der Waals surface area (Å²) in [6, 6.07) is 0. The van der Waals surface area contributed by atoms with Crippen molar-refractivity contribution in [1.29, 1.82) is 0 Å². The van der Waals surface area contributed by atoms with Crippen LogP contribution in [0.15, 0.2) is 0 Å². The number of ether oxygens (including phenoxy) is 1. The Balaban J connectivity index is 2.03. The van der Waals surface area contributed by atoms with Crippen LogP contribution in [0, 0.1) is 17.8 Å². The second-order valence-corrected chi connectivity index (χ2v) is 4.90. The first-order valence-corrected chi connectivity index (χ1v) is 6.30. The summed E-state index contributed by atoms with van der Waals surface area (Å²) in [5, 5.41) is 0. The summed E-state index contributed by atoms with van der Waals surface area (Å²) in [7, 11) is 0. The lowest BCUT2D eigenvalue weighted by Gasteiger charge is -2.24. The third-order valence-corrected chi connectivity index (χ3v) is 3.42. The minimum atomic E-state index is -1.11. The van der Waals surface area contributed by atoms with Gasteiger partial charge in [-0.1, -0.05) is 0 Å². The van der Waals surface area contributed by atoms with Gasteiger partial charge in [-0.3, -0.25) is 19.2 Å². The maximum absolute atomic E-state index is 11.8. The first-order chi connectivity index (χ1) is 8.54. The molecule has 5 heteroatoms. The Morgan fingerprint density at radius 1 is 1.11 bits per heavy atom. The van der Waals surface area contributed by atoms with E-state index in [-0.39, 0.29) is 31.1 Å². The van der Waals surface area contributed by atoms with Crippen molar-refractivity contribution in [3.8, 4) is 0 Å². The molecule has 0 amide bonds. The Morgan fingerprint density at radius 3 is 2.11 bits per heavy atom. The van der Waals surface area contributed by atoms with Gasteiger partial charge in [-0.25, -0.2) is 0 Å². The Morgan fingerprint density at radius 2 is 1.67 bits per heavy atom. The lowest BCUT2D eigenvalue weighted by atomic mass is 9.77. The molecule has 0 aromatic heterocycles. The third-order valence-electron chi connectivity index (χ3n) is 3.42. The van der Waals surface area contributed by atoms with Crippen LogP contribution < -0.4 is 0 Å². The molecule has 5 nitrogen and oxygen atoms in total. The minimum Gasteiger partial charge on any atom is -0.466 e. The van der Waals surface area contributed by atoms with Gasteiger partial charge >= 0.3 is 5.97 Å². The molecule has 0 bridgehead atoms. The van der Waals surface area contributed by atoms with Crippen LogP contribution in [0.1, 0.15) is 32.6 Å². The molecule has 2 aliphatic rings. The zero-order valence-electron chi connectivity index (χ0n) is 10.3. The second kappa shape index (κ2) is 5.00. The van der Waals surface area contributed by atoms with Gasteiger partial charge in [-0.05, 0) is 19.8 Å². The van der Waals surface area contributed by atoms with E-state index in [2.05, 4.69) is 0 Å². The Kier molecular flexibility index (Phi) is 3.59. The molecule has 18 heavy (non-hydrogen) atoms. The predicted molar refractivity (Wildman–Crippen MR) is 60.6 cm³/mol. The van der Waals surface area contributed by atoms with Crippen molar-refractivity contribution in [2.45, 2.75) is 32.6 Å². The molecule has 0 N–H and O–H groups in total. The topological polar surface area (TPSA) is 77.5 Å². The SMILES string of the molecule is CCOC(=O)C1CC(=O)C(C(=O)C2CC2)C(=O)C1. The van der Waals surface area contributed by atoms with Crippen LogP contribution in [-0.2, 0) is 23.9 Å². The Hall–Kier alpha value is -1.52. The Bertz CT molecular complexity index is 390. The van der Waals surface area contributed by atoms with Gasteiger partial charge < -0.3 is 4.74 Å². The van der Waals surface area contributed by atoms with Crippen LogP contribution in [0.2, 0.25) is 0 Å². The van der Waals surface area contributed by atoms with Crippen LogP contribution in [-0.4, -0.2) is 29.9 Å². The van der Waals surface area contributed by atoms with E-state index in [0.717, 1.165) is 12.8 Å². The van der Waals surface area contributed by atoms with Gasteiger partial charge in [-0.15, -0.1) is 0 Å². The highest BCUT2D eigenvalue weighted by Gasteiger charge is 2.46. The average molecular weight is 252 g/mol. The zero-order valence-corrected chi connectivity index (χ0v) is 10.3. The molecule has 2 rings (SSSR count). The molecule has 0 saturated heterocycles. The van der Waals surface area contributed by atoms with Crippen LogP contribution in [0.4, 0.5) is 0 Å². The predicted octanol–water partition coefficient (Wildman–Crippen LogP) is 0.693. The summed E-state index contributed by atoms with van der Waals surface area (Å²) in [6.45, 7) is 1.89. The standard InChI is InChI=1S/C13H16O5/c1-2-18-13(17)8-5-9(14)11(10(15)6-8)12(16)7-3-4-7/h7-8,11H,2-6H2,1H3. The van der Waals surface area contributed by atoms with E-state index in [4.69, 9.17) is 4.74 Å². The van der Waals surface area contributed by atoms with Crippen LogP contribution in [0.5, 0.6) is 0 Å². The normalized spacial score (nSPS) is 28.1. The highest BCUT2D eigenvalue weighted by atomic mass is 16.5. The highest BCUT2D eigenvalue weighted by Crippen LogP contribution is 2.36. The number of carbonyl (C=O) groups excluding carboxylic acids is 4. The molecular formula is C13H16O5. The molecule has 0 aromatic rings. The summed E-state index contributed by atoms with van der Waals surface area (Å²) in [5.74, 6) is -3.51. The molecule has 0 unspecified atom stereocenters. The highest BCUT2D eigenvalue weighted by molar-refractivity contribution is 6.22. The molecule has 0 radical (unpaired) electrons. The fraction of sp³-hybridized carbons (Fsp3) is 0.692. The van der Waals surface area contributed by atoms with Crippen molar-refractivity contribution in [1.82, 2.24) is 0 Å². The molecule has 98 valence electrons. The van der Waals surface area contributed by atoms with Gasteiger partial charge in [0.1, 0.15) is 5.92 Å². The largest absolute Gasteiger partial charge is 0.466 e. The quantitative estimate of drug-likeness (QED) is 0.543. The summed E-state index contributed by atoms with van der Waals surface area (Å²) < 4.78 is 4.81. The fourth-order valence-corrected chi connectivity index (χ4v) is 2.32. The first kappa shape index (κ1) is 12.9. The number of hydrogen-bond donors (Lipinski definition) is 0. The average Bonchev–Trinajstić information content (AvgIpc) is 3.11. The molecule has 0 spiro atoms. The fourth-order valence-electron chi connectivity index (χ4n) is 2.32. The van der Waals surface area contributed by atoms with E-state index in [9.17, 15) is 19.2 Å². The van der Waals surface area contributed by atoms with Crippen molar-refractivity contribution < 1.29 is 23.9 Å². The molecule has 0 atom stereocenters. The Labute approximate surface area is 105 Å². The van der Waals surface area contributed by atoms with Crippen LogP contribution in [0.25, 0.3) is 0 Å². The van der Waals surface area contributed by atoms with E-state index in [1.54, 1.807) is 6.92 Å². The molecular weight excluding hydrogens is 236 g/mol. The first-order valence-electron chi connectivity index (χ1n) is 6.30. The van der Waals surface area contributed by atoms with Crippen molar-refractivity contribution >= 4 is 23.3 Å². The monoisotopic (exact) mass is 252 g/mol. The molecule has 2 saturated carbocycles. The third kappa shape index (κ3) is 2.49. The van der Waals surface area contributed by atoms with Gasteiger partial charge in [-0.2, -0.15) is 0 Å². The summed E-state index contributed by atoms with van der Waals surface area (Å²) in [5.41, 5.74) is 0. The van der Waals surface area contributed by atoms with Gasteiger partial charge in [0.05, 0.1) is 12.5 Å². The number of ketones is 3. The number of esters is 1. The smallest absolute Gasteiger partial charge is 0.309 e. The van der Waals surface area contributed by atoms with E-state index >= 15 is 0 Å². The van der Waals surface area contributed by atoms with E-state index in [1.807, 2.05) is 0 Å². The lowest BCUT2D eigenvalue weighted by Crippen LogP contribution is -2.41. The number of carbonyl (C=O) groups is 4. The molecule has 0 aromatic carbocycles. The molecule has 0 aliphatic heterocycles. The van der Waals surface area contributed by atoms with Crippen molar-refractivity contribution in [3.63, 3.8) is 0 Å². The number of Topliss-reactive ketones (excluding diaryl/α,β-unsaturated/α-hetero) is 3. The number of hydrogen-bond acceptors (Lipinski definition) is 5.